The van der Waals surface area contributed by atoms with Crippen molar-refractivity contribution in [3.8, 4) is 0 Å². The van der Waals surface area contributed by atoms with Crippen molar-refractivity contribution in [2.45, 2.75) is 25.7 Å². The smallest absolute Gasteiger partial charge is 0.438 e. The van der Waals surface area contributed by atoms with E-state index >= 15 is 0 Å². The molecule has 0 aliphatic carbocycles. The summed E-state index contributed by atoms with van der Waals surface area (Å²) in [5.41, 5.74) is 0. The average molecular weight is 297 g/mol. The highest BCUT2D eigenvalue weighted by atomic mass is 31.1. The lowest BCUT2D eigenvalue weighted by atomic mass is 10.2. The number of methoxy groups -OCH3 is 1. The molecule has 1 unspecified atom stereocenters. The number of carbonyl (C=O) groups is 1. The van der Waals surface area contributed by atoms with Crippen molar-refractivity contribution in [2.75, 3.05) is 40.8 Å². The number of esters is 1. The molecule has 0 heterocycles. The first-order chi connectivity index (χ1) is 9.16. The maximum atomic E-state index is 11.2. The zero-order chi connectivity index (χ0) is 14.3. The second-order valence-corrected chi connectivity index (χ2v) is 4.79. The second-order valence-electron chi connectivity index (χ2n) is 3.65. The number of hydrogen-bond acceptors (Lipinski definition) is 7. The van der Waals surface area contributed by atoms with Gasteiger partial charge in [0.2, 0.25) is 0 Å². The first-order valence-electron chi connectivity index (χ1n) is 6.00. The molecule has 0 rings (SSSR count). The summed E-state index contributed by atoms with van der Waals surface area (Å²) in [4.78, 5) is 11.2. The normalized spacial score (nSPS) is 11.4. The van der Waals surface area contributed by atoms with Gasteiger partial charge >= 0.3 is 14.0 Å². The Bertz CT molecular complexity index is 247. The van der Waals surface area contributed by atoms with Crippen LogP contribution in [0.1, 0.15) is 25.7 Å². The van der Waals surface area contributed by atoms with E-state index in [1.807, 2.05) is 0 Å². The lowest BCUT2D eigenvalue weighted by molar-refractivity contribution is -0.179. The van der Waals surface area contributed by atoms with Crippen molar-refractivity contribution >= 4 is 14.0 Å². The average Bonchev–Trinajstić information content (AvgIpc) is 2.37. The first kappa shape index (κ1) is 18.4. The van der Waals surface area contributed by atoms with Crippen LogP contribution in [0.2, 0.25) is 0 Å². The molecule has 0 aromatic heterocycles. The van der Waals surface area contributed by atoms with Crippen LogP contribution in [0.5, 0.6) is 0 Å². The first-order valence-corrected chi connectivity index (χ1v) is 7.63. The van der Waals surface area contributed by atoms with Gasteiger partial charge in [-0.05, 0) is 17.4 Å². The molecule has 1 atom stereocenters. The summed E-state index contributed by atoms with van der Waals surface area (Å²) >= 11 is 0. The zero-order valence-corrected chi connectivity index (χ0v) is 12.4. The van der Waals surface area contributed by atoms with Gasteiger partial charge in [0.1, 0.15) is 13.4 Å². The van der Waals surface area contributed by atoms with Crippen molar-refractivity contribution in [3.05, 3.63) is 0 Å². The summed E-state index contributed by atoms with van der Waals surface area (Å²) in [6.45, 7) is 2.01. The summed E-state index contributed by atoms with van der Waals surface area (Å²) in [6, 6.07) is 0. The minimum Gasteiger partial charge on any atom is -0.438 e. The molecule has 0 fully saturated rings. The molecular formula is C11H22O7P+. The molecule has 7 nitrogen and oxygen atoms in total. The summed E-state index contributed by atoms with van der Waals surface area (Å²) in [7, 11) is -0.0237. The summed E-state index contributed by atoms with van der Waals surface area (Å²) < 4.78 is 34.7. The largest absolute Gasteiger partial charge is 0.504 e. The third kappa shape index (κ3) is 15.4. The number of hydrogen-bond donors (Lipinski definition) is 0. The minimum absolute atomic E-state index is 0.0215. The van der Waals surface area contributed by atoms with E-state index in [4.69, 9.17) is 18.7 Å². The van der Waals surface area contributed by atoms with Gasteiger partial charge in [0.25, 0.3) is 0 Å². The number of unbranched alkanes of at least 4 members (excludes halogenated alkanes) is 2. The molecule has 0 aromatic carbocycles. The van der Waals surface area contributed by atoms with E-state index in [9.17, 15) is 9.36 Å². The molecule has 0 N–H and O–H groups in total. The molecule has 0 radical (unpaired) electrons. The third-order valence-electron chi connectivity index (χ3n) is 1.97. The van der Waals surface area contributed by atoms with E-state index in [0.29, 0.717) is 19.4 Å². The monoisotopic (exact) mass is 297 g/mol. The molecule has 0 saturated heterocycles. The van der Waals surface area contributed by atoms with Crippen LogP contribution in [0.15, 0.2) is 0 Å². The summed E-state index contributed by atoms with van der Waals surface area (Å²) in [5.74, 6) is -0.311. The van der Waals surface area contributed by atoms with Crippen LogP contribution >= 0.6 is 8.03 Å². The second kappa shape index (κ2) is 13.8. The van der Waals surface area contributed by atoms with Crippen LogP contribution in [-0.4, -0.2) is 46.7 Å². The number of rotatable bonds is 13. The van der Waals surface area contributed by atoms with Crippen molar-refractivity contribution in [2.24, 2.45) is 0 Å². The summed E-state index contributed by atoms with van der Waals surface area (Å²) in [6.07, 6.45) is 2.66. The van der Waals surface area contributed by atoms with Gasteiger partial charge in [0.15, 0.2) is 20.3 Å². The molecule has 19 heavy (non-hydrogen) atoms. The predicted molar refractivity (Wildman–Crippen MR) is 67.8 cm³/mol. The highest BCUT2D eigenvalue weighted by molar-refractivity contribution is 7.38. The van der Waals surface area contributed by atoms with E-state index < -0.39 is 8.03 Å². The van der Waals surface area contributed by atoms with Crippen molar-refractivity contribution in [1.29, 1.82) is 0 Å². The van der Waals surface area contributed by atoms with Gasteiger partial charge in [-0.15, -0.1) is 4.52 Å². The van der Waals surface area contributed by atoms with Crippen LogP contribution in [0.4, 0.5) is 0 Å². The fourth-order valence-corrected chi connectivity index (χ4v) is 1.52. The van der Waals surface area contributed by atoms with Gasteiger partial charge in [-0.2, -0.15) is 0 Å². The van der Waals surface area contributed by atoms with E-state index in [1.165, 1.54) is 13.8 Å². The standard InChI is InChI=1S/C11H22O7P/c1-14-8-15-9-16-10-17-11(12)6-4-3-5-7-18-19(2)13/h3-10H2,1-2H3/q+1. The third-order valence-corrected chi connectivity index (χ3v) is 2.52. The Labute approximate surface area is 114 Å². The highest BCUT2D eigenvalue weighted by Crippen LogP contribution is 2.15. The van der Waals surface area contributed by atoms with E-state index in [0.717, 1.165) is 12.8 Å². The molecule has 0 spiro atoms. The molecule has 0 amide bonds. The topological polar surface area (TPSA) is 80.3 Å². The molecule has 0 saturated carbocycles. The Morgan fingerprint density at radius 3 is 2.47 bits per heavy atom. The Kier molecular flexibility index (Phi) is 13.4. The Hall–Kier alpha value is -0.590. The molecule has 0 bridgehead atoms. The molecule has 112 valence electrons. The number of carbonyl (C=O) groups excluding carboxylic acids is 1. The maximum Gasteiger partial charge on any atom is 0.504 e. The highest BCUT2D eigenvalue weighted by Gasteiger charge is 2.06. The van der Waals surface area contributed by atoms with E-state index in [1.54, 1.807) is 0 Å². The summed E-state index contributed by atoms with van der Waals surface area (Å²) in [5, 5.41) is 0. The van der Waals surface area contributed by atoms with Gasteiger partial charge in [-0.25, -0.2) is 0 Å². The van der Waals surface area contributed by atoms with Gasteiger partial charge in [-0.3, -0.25) is 4.79 Å². The molecule has 8 heteroatoms. The Morgan fingerprint density at radius 2 is 1.79 bits per heavy atom. The molecule has 0 aromatic rings. The fourth-order valence-electron chi connectivity index (χ4n) is 1.13. The van der Waals surface area contributed by atoms with Crippen LogP contribution in [0.25, 0.3) is 0 Å². The van der Waals surface area contributed by atoms with Crippen LogP contribution in [-0.2, 0) is 32.8 Å². The fraction of sp³-hybridized carbons (Fsp3) is 0.909. The lowest BCUT2D eigenvalue weighted by Gasteiger charge is -2.06. The SMILES string of the molecule is COCOCOCOC(=O)CCCCCO[P+](C)=O. The lowest BCUT2D eigenvalue weighted by Crippen LogP contribution is -2.10. The minimum atomic E-state index is -1.53. The molecule has 0 aliphatic rings. The molecular weight excluding hydrogens is 275 g/mol. The quantitative estimate of drug-likeness (QED) is 0.223. The van der Waals surface area contributed by atoms with Gasteiger partial charge < -0.3 is 18.9 Å². The van der Waals surface area contributed by atoms with Crippen LogP contribution < -0.4 is 0 Å². The van der Waals surface area contributed by atoms with E-state index in [2.05, 4.69) is 4.74 Å². The predicted octanol–water partition coefficient (Wildman–Crippen LogP) is 2.03. The Morgan fingerprint density at radius 1 is 1.05 bits per heavy atom. The van der Waals surface area contributed by atoms with Crippen molar-refractivity contribution < 1.29 is 32.8 Å². The Balaban J connectivity index is 3.19. The van der Waals surface area contributed by atoms with Gasteiger partial charge in [0.05, 0.1) is 0 Å². The van der Waals surface area contributed by atoms with Crippen LogP contribution in [0, 0.1) is 0 Å². The van der Waals surface area contributed by atoms with Gasteiger partial charge in [-0.1, -0.05) is 6.42 Å². The van der Waals surface area contributed by atoms with Crippen molar-refractivity contribution in [3.63, 3.8) is 0 Å². The number of ether oxygens (including phenoxy) is 4. The van der Waals surface area contributed by atoms with Crippen LogP contribution in [0.3, 0.4) is 0 Å². The van der Waals surface area contributed by atoms with Crippen molar-refractivity contribution in [1.82, 2.24) is 0 Å². The molecule has 0 aliphatic heterocycles. The van der Waals surface area contributed by atoms with E-state index in [-0.39, 0.29) is 26.3 Å². The van der Waals surface area contributed by atoms with Gasteiger partial charge in [0, 0.05) is 13.5 Å². The maximum absolute atomic E-state index is 11.2. The zero-order valence-electron chi connectivity index (χ0n) is 11.5.